The first-order valence-electron chi connectivity index (χ1n) is 2.50. The molecule has 0 saturated heterocycles. The molecule has 1 rings (SSSR count). The standard InChI is InChI=1S/C5H8N2O/c6-5-1-2-7(3-5)4-8/h3-4H,1-2,6H2. The van der Waals surface area contributed by atoms with Gasteiger partial charge in [-0.2, -0.15) is 0 Å². The second-order valence-corrected chi connectivity index (χ2v) is 1.80. The van der Waals surface area contributed by atoms with Crippen molar-refractivity contribution in [1.82, 2.24) is 4.90 Å². The third-order valence-electron chi connectivity index (χ3n) is 1.13. The van der Waals surface area contributed by atoms with E-state index in [1.54, 1.807) is 6.20 Å². The molecule has 8 heavy (non-hydrogen) atoms. The molecular formula is C5H8N2O. The average Bonchev–Trinajstić information content (AvgIpc) is 2.14. The van der Waals surface area contributed by atoms with Gasteiger partial charge in [0.1, 0.15) is 0 Å². The van der Waals surface area contributed by atoms with Gasteiger partial charge in [-0.1, -0.05) is 0 Å². The van der Waals surface area contributed by atoms with Gasteiger partial charge in [0.15, 0.2) is 0 Å². The Morgan fingerprint density at radius 2 is 2.62 bits per heavy atom. The Kier molecular flexibility index (Phi) is 1.20. The Bertz CT molecular complexity index is 130. The summed E-state index contributed by atoms with van der Waals surface area (Å²) in [6, 6.07) is 0. The summed E-state index contributed by atoms with van der Waals surface area (Å²) in [7, 11) is 0. The normalized spacial score (nSPS) is 18.5. The van der Waals surface area contributed by atoms with Gasteiger partial charge in [0.2, 0.25) is 6.41 Å². The number of nitrogens with two attached hydrogens (primary N) is 1. The van der Waals surface area contributed by atoms with E-state index in [1.807, 2.05) is 0 Å². The fourth-order valence-electron chi connectivity index (χ4n) is 0.683. The minimum atomic E-state index is 0.745. The van der Waals surface area contributed by atoms with Gasteiger partial charge in [-0.05, 0) is 0 Å². The zero-order chi connectivity index (χ0) is 5.98. The molecule has 0 atom stereocenters. The summed E-state index contributed by atoms with van der Waals surface area (Å²) in [6.07, 6.45) is 3.26. The molecule has 2 N–H and O–H groups in total. The number of hydrogen-bond acceptors (Lipinski definition) is 2. The van der Waals surface area contributed by atoms with Crippen molar-refractivity contribution in [1.29, 1.82) is 0 Å². The Balaban J connectivity index is 2.53. The molecule has 44 valence electrons. The minimum absolute atomic E-state index is 0.745. The van der Waals surface area contributed by atoms with Crippen molar-refractivity contribution in [2.45, 2.75) is 6.42 Å². The van der Waals surface area contributed by atoms with Crippen LogP contribution in [-0.2, 0) is 4.79 Å². The van der Waals surface area contributed by atoms with Crippen LogP contribution in [0.25, 0.3) is 0 Å². The van der Waals surface area contributed by atoms with Crippen LogP contribution < -0.4 is 5.73 Å². The van der Waals surface area contributed by atoms with E-state index in [0.29, 0.717) is 0 Å². The van der Waals surface area contributed by atoms with Crippen LogP contribution in [0.5, 0.6) is 0 Å². The number of carbonyl (C=O) groups excluding carboxylic acids is 1. The summed E-state index contributed by atoms with van der Waals surface area (Å²) in [6.45, 7) is 0.745. The first kappa shape index (κ1) is 5.15. The molecule has 0 fully saturated rings. The van der Waals surface area contributed by atoms with Crippen molar-refractivity contribution in [2.24, 2.45) is 5.73 Å². The third kappa shape index (κ3) is 0.804. The minimum Gasteiger partial charge on any atom is -0.401 e. The first-order chi connectivity index (χ1) is 3.83. The van der Waals surface area contributed by atoms with Crippen molar-refractivity contribution in [3.63, 3.8) is 0 Å². The summed E-state index contributed by atoms with van der Waals surface area (Å²) in [5.74, 6) is 0. The predicted molar refractivity (Wildman–Crippen MR) is 29.7 cm³/mol. The van der Waals surface area contributed by atoms with Crippen molar-refractivity contribution in [3.05, 3.63) is 11.9 Å². The van der Waals surface area contributed by atoms with Gasteiger partial charge >= 0.3 is 0 Å². The highest BCUT2D eigenvalue weighted by Crippen LogP contribution is 2.04. The number of carbonyl (C=O) groups is 1. The quantitative estimate of drug-likeness (QED) is 0.471. The molecular weight excluding hydrogens is 104 g/mol. The molecule has 0 spiro atoms. The largest absolute Gasteiger partial charge is 0.401 e. The highest BCUT2D eigenvalue weighted by molar-refractivity contribution is 5.50. The van der Waals surface area contributed by atoms with E-state index in [4.69, 9.17) is 5.73 Å². The highest BCUT2D eigenvalue weighted by Gasteiger charge is 2.06. The predicted octanol–water partition coefficient (Wildman–Crippen LogP) is -0.351. The smallest absolute Gasteiger partial charge is 0.213 e. The molecule has 0 saturated carbocycles. The van der Waals surface area contributed by atoms with Gasteiger partial charge in [-0.15, -0.1) is 0 Å². The Morgan fingerprint density at radius 3 is 2.88 bits per heavy atom. The summed E-state index contributed by atoms with van der Waals surface area (Å²) in [5, 5.41) is 0. The zero-order valence-corrected chi connectivity index (χ0v) is 4.50. The Labute approximate surface area is 47.8 Å². The lowest BCUT2D eigenvalue weighted by molar-refractivity contribution is -0.115. The van der Waals surface area contributed by atoms with Gasteiger partial charge in [0, 0.05) is 24.9 Å². The molecule has 1 heterocycles. The fourth-order valence-corrected chi connectivity index (χ4v) is 0.683. The van der Waals surface area contributed by atoms with Crippen LogP contribution in [0.4, 0.5) is 0 Å². The molecule has 0 unspecified atom stereocenters. The number of hydrogen-bond donors (Lipinski definition) is 1. The summed E-state index contributed by atoms with van der Waals surface area (Å²) in [5.41, 5.74) is 6.15. The molecule has 0 aromatic heterocycles. The Hall–Kier alpha value is -0.990. The first-order valence-corrected chi connectivity index (χ1v) is 2.50. The monoisotopic (exact) mass is 112 g/mol. The van der Waals surface area contributed by atoms with E-state index in [2.05, 4.69) is 0 Å². The molecule has 1 aliphatic heterocycles. The van der Waals surface area contributed by atoms with Gasteiger partial charge in [-0.3, -0.25) is 4.79 Å². The van der Waals surface area contributed by atoms with Crippen LogP contribution in [0.2, 0.25) is 0 Å². The van der Waals surface area contributed by atoms with E-state index in [0.717, 1.165) is 25.1 Å². The summed E-state index contributed by atoms with van der Waals surface area (Å²) < 4.78 is 0. The number of rotatable bonds is 1. The van der Waals surface area contributed by atoms with Gasteiger partial charge < -0.3 is 10.6 Å². The van der Waals surface area contributed by atoms with Gasteiger partial charge in [0.05, 0.1) is 0 Å². The van der Waals surface area contributed by atoms with E-state index in [9.17, 15) is 4.79 Å². The topological polar surface area (TPSA) is 46.3 Å². The molecule has 1 amide bonds. The van der Waals surface area contributed by atoms with Crippen molar-refractivity contribution >= 4 is 6.41 Å². The Morgan fingerprint density at radius 1 is 1.88 bits per heavy atom. The zero-order valence-electron chi connectivity index (χ0n) is 4.50. The van der Waals surface area contributed by atoms with Crippen LogP contribution in [0.15, 0.2) is 11.9 Å². The molecule has 3 nitrogen and oxygen atoms in total. The number of amides is 1. The lowest BCUT2D eigenvalue weighted by Crippen LogP contribution is -2.09. The number of nitrogens with zero attached hydrogens (tertiary/aromatic N) is 1. The van der Waals surface area contributed by atoms with Crippen LogP contribution in [-0.4, -0.2) is 17.9 Å². The van der Waals surface area contributed by atoms with E-state index < -0.39 is 0 Å². The van der Waals surface area contributed by atoms with Crippen LogP contribution in [0, 0.1) is 0 Å². The third-order valence-corrected chi connectivity index (χ3v) is 1.13. The molecule has 0 aliphatic carbocycles. The van der Waals surface area contributed by atoms with Crippen molar-refractivity contribution < 1.29 is 4.79 Å². The van der Waals surface area contributed by atoms with Crippen LogP contribution in [0.3, 0.4) is 0 Å². The van der Waals surface area contributed by atoms with Gasteiger partial charge in [0.25, 0.3) is 0 Å². The second-order valence-electron chi connectivity index (χ2n) is 1.80. The van der Waals surface area contributed by atoms with Crippen molar-refractivity contribution in [3.8, 4) is 0 Å². The second kappa shape index (κ2) is 1.86. The van der Waals surface area contributed by atoms with E-state index >= 15 is 0 Å². The van der Waals surface area contributed by atoms with E-state index in [-0.39, 0.29) is 0 Å². The molecule has 3 heteroatoms. The lowest BCUT2D eigenvalue weighted by atomic mass is 10.4. The van der Waals surface area contributed by atoms with E-state index in [1.165, 1.54) is 4.90 Å². The summed E-state index contributed by atoms with van der Waals surface area (Å²) in [4.78, 5) is 11.5. The SMILES string of the molecule is NC1=CN(C=O)CC1. The highest BCUT2D eigenvalue weighted by atomic mass is 16.1. The van der Waals surface area contributed by atoms with Gasteiger partial charge in [-0.25, -0.2) is 0 Å². The maximum absolute atomic E-state index is 9.98. The van der Waals surface area contributed by atoms with Crippen molar-refractivity contribution in [2.75, 3.05) is 6.54 Å². The molecule has 1 aliphatic rings. The maximum atomic E-state index is 9.98. The molecule has 0 bridgehead atoms. The maximum Gasteiger partial charge on any atom is 0.213 e. The summed E-state index contributed by atoms with van der Waals surface area (Å²) >= 11 is 0. The molecule has 0 aromatic carbocycles. The average molecular weight is 112 g/mol. The fraction of sp³-hybridized carbons (Fsp3) is 0.400. The van der Waals surface area contributed by atoms with Crippen LogP contribution in [0.1, 0.15) is 6.42 Å². The molecule has 0 aromatic rings. The molecule has 0 radical (unpaired) electrons. The lowest BCUT2D eigenvalue weighted by Gasteiger charge is -1.99. The van der Waals surface area contributed by atoms with Crippen LogP contribution >= 0.6 is 0 Å².